The molecule has 11 nitrogen and oxygen atoms in total. The molecule has 0 aromatic heterocycles. The zero-order valence-electron chi connectivity index (χ0n) is 27.0. The second kappa shape index (κ2) is 16.1. The summed E-state index contributed by atoms with van der Waals surface area (Å²) in [5.74, 6) is -1.26. The number of hydrogen-bond acceptors (Lipinski definition) is 9. The van der Waals surface area contributed by atoms with E-state index in [1.165, 1.54) is 0 Å². The van der Waals surface area contributed by atoms with Gasteiger partial charge in [0.15, 0.2) is 6.29 Å². The first-order chi connectivity index (χ1) is 24.2. The second-order valence-electron chi connectivity index (χ2n) is 12.0. The molecular formula is C38H36N2O9S. The summed E-state index contributed by atoms with van der Waals surface area (Å²) in [5, 5.41) is 21.2. The number of nitrogens with zero attached hydrogens (tertiary/aromatic N) is 1. The monoisotopic (exact) mass is 696 g/mol. The fourth-order valence-electron chi connectivity index (χ4n) is 5.74. The Kier molecular flexibility index (Phi) is 11.2. The molecule has 3 N–H and O–H groups in total. The van der Waals surface area contributed by atoms with Crippen LogP contribution in [-0.2, 0) is 43.6 Å². The molecule has 2 heterocycles. The Morgan fingerprint density at radius 2 is 1.52 bits per heavy atom. The molecule has 2 saturated heterocycles. The van der Waals surface area contributed by atoms with Gasteiger partial charge in [0.2, 0.25) is 5.91 Å². The van der Waals surface area contributed by atoms with Gasteiger partial charge in [0.05, 0.1) is 37.3 Å². The number of likely N-dealkylation sites (tertiary alicyclic amines) is 1. The maximum absolute atomic E-state index is 13.1. The lowest BCUT2D eigenvalue weighted by atomic mass is 10.0. The number of carbonyl (C=O) groups is 4. The maximum atomic E-state index is 13.1. The van der Waals surface area contributed by atoms with Crippen LogP contribution < -0.4 is 5.32 Å². The third-order valence-corrected chi connectivity index (χ3v) is 9.64. The number of carboxylic acid groups (broad SMARTS) is 1. The Bertz CT molecular complexity index is 1800. The lowest BCUT2D eigenvalue weighted by molar-refractivity contribution is -0.245. The molecule has 258 valence electrons. The lowest BCUT2D eigenvalue weighted by Gasteiger charge is -2.36. The number of alkyl carbamates (subject to hydrolysis) is 1. The number of ether oxygens (including phenoxy) is 3. The minimum atomic E-state index is -0.998. The van der Waals surface area contributed by atoms with E-state index < -0.39 is 30.3 Å². The molecule has 0 spiro atoms. The smallest absolute Gasteiger partial charge is 0.408 e. The van der Waals surface area contributed by atoms with Crippen molar-refractivity contribution in [1.82, 2.24) is 10.2 Å². The summed E-state index contributed by atoms with van der Waals surface area (Å²) in [4.78, 5) is 51.4. The molecule has 2 aliphatic rings. The van der Waals surface area contributed by atoms with E-state index in [9.17, 15) is 29.4 Å². The number of carboxylic acids is 1. The Morgan fingerprint density at radius 3 is 2.20 bits per heavy atom. The van der Waals surface area contributed by atoms with Crippen molar-refractivity contribution >= 4 is 35.6 Å². The molecule has 2 aliphatic heterocycles. The lowest BCUT2D eigenvalue weighted by Crippen LogP contribution is -2.41. The van der Waals surface area contributed by atoms with Gasteiger partial charge in [0.25, 0.3) is 5.91 Å². The van der Waals surface area contributed by atoms with Gasteiger partial charge in [-0.15, -0.1) is 11.8 Å². The van der Waals surface area contributed by atoms with Gasteiger partial charge >= 0.3 is 12.1 Å². The zero-order valence-corrected chi connectivity index (χ0v) is 27.8. The molecule has 4 aromatic carbocycles. The molecule has 12 heteroatoms. The summed E-state index contributed by atoms with van der Waals surface area (Å²) in [5.41, 5.74) is 4.24. The van der Waals surface area contributed by atoms with Crippen molar-refractivity contribution in [2.24, 2.45) is 0 Å². The molecule has 50 heavy (non-hydrogen) atoms. The van der Waals surface area contributed by atoms with Crippen molar-refractivity contribution < 1.29 is 43.6 Å². The van der Waals surface area contributed by atoms with Gasteiger partial charge < -0.3 is 29.7 Å². The van der Waals surface area contributed by atoms with Crippen LogP contribution in [0.4, 0.5) is 4.79 Å². The van der Waals surface area contributed by atoms with Gasteiger partial charge in [-0.25, -0.2) is 9.59 Å². The number of amides is 3. The Labute approximate surface area is 293 Å². The normalized spacial score (nSPS) is 20.5. The number of carbonyl (C=O) groups excluding carboxylic acids is 3. The van der Waals surface area contributed by atoms with Gasteiger partial charge in [-0.3, -0.25) is 14.5 Å². The third-order valence-electron chi connectivity index (χ3n) is 8.49. The van der Waals surface area contributed by atoms with Crippen LogP contribution >= 0.6 is 11.8 Å². The molecule has 0 saturated carbocycles. The average molecular weight is 697 g/mol. The van der Waals surface area contributed by atoms with Crippen LogP contribution in [0.1, 0.15) is 63.4 Å². The van der Waals surface area contributed by atoms with Crippen molar-refractivity contribution in [2.45, 2.75) is 62.0 Å². The van der Waals surface area contributed by atoms with Crippen molar-refractivity contribution in [1.29, 1.82) is 0 Å². The van der Waals surface area contributed by atoms with E-state index in [2.05, 4.69) is 5.32 Å². The molecule has 0 bridgehead atoms. The van der Waals surface area contributed by atoms with Gasteiger partial charge in [-0.1, -0.05) is 78.9 Å². The molecule has 0 radical (unpaired) electrons. The summed E-state index contributed by atoms with van der Waals surface area (Å²) < 4.78 is 18.1. The summed E-state index contributed by atoms with van der Waals surface area (Å²) in [6.07, 6.45) is -1.53. The molecule has 2 fully saturated rings. The van der Waals surface area contributed by atoms with E-state index in [0.29, 0.717) is 17.7 Å². The minimum Gasteiger partial charge on any atom is -0.478 e. The van der Waals surface area contributed by atoms with Gasteiger partial charge in [-0.05, 0) is 46.5 Å². The van der Waals surface area contributed by atoms with E-state index in [4.69, 9.17) is 14.2 Å². The maximum Gasteiger partial charge on any atom is 0.408 e. The number of nitrogens with one attached hydrogen (secondary N) is 1. The average Bonchev–Trinajstić information content (AvgIpc) is 3.40. The second-order valence-corrected chi connectivity index (χ2v) is 13.1. The van der Waals surface area contributed by atoms with E-state index in [1.54, 1.807) is 36.0 Å². The fourth-order valence-corrected chi connectivity index (χ4v) is 6.66. The van der Waals surface area contributed by atoms with Gasteiger partial charge in [-0.2, -0.15) is 0 Å². The van der Waals surface area contributed by atoms with E-state index in [-0.39, 0.29) is 49.9 Å². The van der Waals surface area contributed by atoms with Crippen LogP contribution in [0.5, 0.6) is 0 Å². The van der Waals surface area contributed by atoms with Crippen LogP contribution in [-0.4, -0.2) is 56.9 Å². The van der Waals surface area contributed by atoms with Crippen LogP contribution in [0.15, 0.2) is 108 Å². The molecule has 0 aliphatic carbocycles. The van der Waals surface area contributed by atoms with E-state index in [0.717, 1.165) is 32.0 Å². The van der Waals surface area contributed by atoms with Crippen molar-refractivity contribution in [3.05, 3.63) is 137 Å². The Hall–Kier alpha value is -5.01. The number of aromatic carboxylic acids is 1. The highest BCUT2D eigenvalue weighted by molar-refractivity contribution is 7.99. The van der Waals surface area contributed by atoms with E-state index >= 15 is 0 Å². The molecule has 3 amide bonds. The molecule has 4 atom stereocenters. The van der Waals surface area contributed by atoms with Crippen LogP contribution in [0.25, 0.3) is 0 Å². The Morgan fingerprint density at radius 1 is 0.840 bits per heavy atom. The summed E-state index contributed by atoms with van der Waals surface area (Å²) in [6.45, 7) is 0.0307. The number of hydrogen-bond donors (Lipinski definition) is 3. The summed E-state index contributed by atoms with van der Waals surface area (Å²) in [6, 6.07) is 29.8. The number of aliphatic hydroxyl groups is 1. The minimum absolute atomic E-state index is 0.0430. The molecule has 4 aromatic rings. The number of benzene rings is 4. The number of imide groups is 1. The fraction of sp³-hybridized carbons (Fsp3) is 0.263. The Balaban J connectivity index is 1.09. The first-order valence-corrected chi connectivity index (χ1v) is 17.1. The predicted octanol–water partition coefficient (Wildman–Crippen LogP) is 5.77. The molecule has 1 unspecified atom stereocenters. The number of thioether (sulfide) groups is 1. The quantitative estimate of drug-likeness (QED) is 0.123. The predicted molar refractivity (Wildman–Crippen MR) is 183 cm³/mol. The van der Waals surface area contributed by atoms with Crippen molar-refractivity contribution in [3.63, 3.8) is 0 Å². The van der Waals surface area contributed by atoms with Crippen LogP contribution in [0.2, 0.25) is 0 Å². The van der Waals surface area contributed by atoms with E-state index in [1.807, 2.05) is 78.9 Å². The first kappa shape index (κ1) is 34.8. The van der Waals surface area contributed by atoms with Gasteiger partial charge in [0.1, 0.15) is 12.6 Å². The zero-order chi connectivity index (χ0) is 35.0. The van der Waals surface area contributed by atoms with Gasteiger partial charge in [0, 0.05) is 22.6 Å². The highest BCUT2D eigenvalue weighted by Crippen LogP contribution is 2.39. The van der Waals surface area contributed by atoms with Crippen molar-refractivity contribution in [3.8, 4) is 0 Å². The van der Waals surface area contributed by atoms with Crippen LogP contribution in [0, 0.1) is 0 Å². The first-order valence-electron chi connectivity index (χ1n) is 16.1. The largest absolute Gasteiger partial charge is 0.478 e. The number of rotatable bonds is 12. The summed E-state index contributed by atoms with van der Waals surface area (Å²) >= 11 is 1.56. The molecular weight excluding hydrogens is 660 g/mol. The standard InChI is InChI=1S/C38H36N2O9S/c41-21-25-8-10-27(11-9-25)33-18-30(23-50-31-16-14-28(15-17-31)36(44)45)48-37(49-33)29-12-6-24(7-13-29)20-40-34(42)19-32(35(40)43)39-38(46)47-22-26-4-2-1-3-5-26/h1-17,30,32-33,37,41H,18-23H2,(H,39,46)(H,44,45)/t30-,32?,33+,37+/m0/s1. The third kappa shape index (κ3) is 8.77. The molecule has 6 rings (SSSR count). The van der Waals surface area contributed by atoms with Crippen LogP contribution in [0.3, 0.4) is 0 Å². The highest BCUT2D eigenvalue weighted by atomic mass is 32.2. The SMILES string of the molecule is O=C(NC1CC(=O)N(Cc2ccc([C@@H]3O[C@H](CSc4ccc(C(=O)O)cc4)C[C@H](c4ccc(CO)cc4)O3)cc2)C1=O)OCc1ccccc1. The highest BCUT2D eigenvalue weighted by Gasteiger charge is 2.40. The number of aliphatic hydroxyl groups excluding tert-OH is 1. The van der Waals surface area contributed by atoms with Crippen molar-refractivity contribution in [2.75, 3.05) is 5.75 Å². The topological polar surface area (TPSA) is 152 Å². The summed E-state index contributed by atoms with van der Waals surface area (Å²) in [7, 11) is 0.